The van der Waals surface area contributed by atoms with Gasteiger partial charge in [-0.05, 0) is 43.6 Å². The molecule has 1 N–H and O–H groups in total. The van der Waals surface area contributed by atoms with Crippen molar-refractivity contribution in [2.75, 3.05) is 44.2 Å². The molecule has 0 radical (unpaired) electrons. The van der Waals surface area contributed by atoms with Crippen molar-refractivity contribution in [1.82, 2.24) is 30.0 Å². The second-order valence-corrected chi connectivity index (χ2v) is 9.07. The number of carbonyl (C=O) groups excluding carboxylic acids is 1. The quantitative estimate of drug-likeness (QED) is 0.517. The fraction of sp³-hybridized carbons (Fsp3) is 0.455. The minimum Gasteiger partial charge on any atom is -0.352 e. The molecule has 35 heavy (non-hydrogen) atoms. The lowest BCUT2D eigenvalue weighted by atomic mass is 10.2. The van der Waals surface area contributed by atoms with Gasteiger partial charge in [-0.2, -0.15) is 18.3 Å². The molecular formula is C22H24Cl2F3N7O. The van der Waals surface area contributed by atoms with E-state index in [9.17, 15) is 18.0 Å². The molecule has 1 amide bonds. The molecule has 0 bridgehead atoms. The van der Waals surface area contributed by atoms with Crippen molar-refractivity contribution >= 4 is 46.6 Å². The molecule has 0 saturated carbocycles. The molecule has 0 spiro atoms. The van der Waals surface area contributed by atoms with Crippen molar-refractivity contribution in [3.8, 4) is 0 Å². The van der Waals surface area contributed by atoms with Crippen LogP contribution in [0, 0.1) is 0 Å². The summed E-state index contributed by atoms with van der Waals surface area (Å²) in [5.41, 5.74) is -0.884. The number of benzene rings is 1. The van der Waals surface area contributed by atoms with Gasteiger partial charge in [-0.25, -0.2) is 14.6 Å². The first-order valence-electron chi connectivity index (χ1n) is 11.2. The lowest BCUT2D eigenvalue weighted by Crippen LogP contribution is -2.46. The van der Waals surface area contributed by atoms with Crippen LogP contribution in [0.3, 0.4) is 0 Å². The van der Waals surface area contributed by atoms with Gasteiger partial charge in [-0.15, -0.1) is 0 Å². The van der Waals surface area contributed by atoms with Crippen molar-refractivity contribution in [2.45, 2.75) is 25.6 Å². The van der Waals surface area contributed by atoms with Gasteiger partial charge in [0.2, 0.25) is 6.41 Å². The summed E-state index contributed by atoms with van der Waals surface area (Å²) in [5, 5.41) is 7.69. The van der Waals surface area contributed by atoms with Gasteiger partial charge >= 0.3 is 6.18 Å². The largest absolute Gasteiger partial charge is 0.437 e. The maximum absolute atomic E-state index is 13.5. The Hall–Kier alpha value is -2.63. The van der Waals surface area contributed by atoms with Crippen LogP contribution in [0.4, 0.5) is 19.0 Å². The van der Waals surface area contributed by atoms with Gasteiger partial charge in [0.15, 0.2) is 11.3 Å². The number of hydrogen-bond acceptors (Lipinski definition) is 6. The number of anilines is 1. The number of piperazine rings is 1. The first-order valence-corrected chi connectivity index (χ1v) is 11.9. The zero-order valence-corrected chi connectivity index (χ0v) is 20.2. The van der Waals surface area contributed by atoms with E-state index in [0.717, 1.165) is 11.1 Å². The number of amides is 1. The smallest absolute Gasteiger partial charge is 0.352 e. The molecule has 2 aromatic heterocycles. The van der Waals surface area contributed by atoms with Gasteiger partial charge in [0.1, 0.15) is 11.3 Å². The predicted molar refractivity (Wildman–Crippen MR) is 128 cm³/mol. The molecular weight excluding hydrogens is 506 g/mol. The summed E-state index contributed by atoms with van der Waals surface area (Å²) in [4.78, 5) is 22.8. The lowest BCUT2D eigenvalue weighted by Gasteiger charge is -2.33. The average Bonchev–Trinajstić information content (AvgIpc) is 3.53. The Morgan fingerprint density at radius 1 is 1.09 bits per heavy atom. The third-order valence-electron chi connectivity index (χ3n) is 5.78. The van der Waals surface area contributed by atoms with Crippen LogP contribution in [0.1, 0.15) is 24.1 Å². The molecule has 0 atom stereocenters. The van der Waals surface area contributed by atoms with Gasteiger partial charge in [0.05, 0.1) is 12.7 Å². The Bertz CT molecular complexity index is 1170. The van der Waals surface area contributed by atoms with Crippen molar-refractivity contribution in [3.63, 3.8) is 0 Å². The molecule has 4 heterocycles. The Morgan fingerprint density at radius 3 is 2.37 bits per heavy atom. The third kappa shape index (κ3) is 6.14. The molecule has 13 heteroatoms. The molecule has 2 saturated heterocycles. The van der Waals surface area contributed by atoms with Crippen LogP contribution in [0.25, 0.3) is 11.2 Å². The van der Waals surface area contributed by atoms with Crippen LogP contribution in [0.5, 0.6) is 0 Å². The first kappa shape index (κ1) is 25.5. The minimum atomic E-state index is -4.68. The fourth-order valence-electron chi connectivity index (χ4n) is 3.88. The lowest BCUT2D eigenvalue weighted by molar-refractivity contribution is -0.140. The monoisotopic (exact) mass is 529 g/mol. The van der Waals surface area contributed by atoms with E-state index in [1.54, 1.807) is 17.0 Å². The van der Waals surface area contributed by atoms with E-state index >= 15 is 0 Å². The van der Waals surface area contributed by atoms with E-state index in [1.807, 2.05) is 4.90 Å². The summed E-state index contributed by atoms with van der Waals surface area (Å²) in [6, 6.07) is 4.74. The summed E-state index contributed by atoms with van der Waals surface area (Å²) < 4.78 is 41.7. The van der Waals surface area contributed by atoms with Crippen LogP contribution in [0.15, 0.2) is 24.4 Å². The summed E-state index contributed by atoms with van der Waals surface area (Å²) in [6.07, 6.45) is 0.168. The number of halogens is 5. The molecule has 2 aliphatic rings. The van der Waals surface area contributed by atoms with Crippen molar-refractivity contribution in [2.24, 2.45) is 0 Å². The van der Waals surface area contributed by atoms with Crippen molar-refractivity contribution in [1.29, 1.82) is 0 Å². The molecule has 1 aromatic carbocycles. The third-order valence-corrected chi connectivity index (χ3v) is 6.37. The van der Waals surface area contributed by atoms with E-state index in [-0.39, 0.29) is 17.7 Å². The maximum atomic E-state index is 13.5. The van der Waals surface area contributed by atoms with Crippen LogP contribution >= 0.6 is 23.2 Å². The fourth-order valence-corrected chi connectivity index (χ4v) is 4.35. The van der Waals surface area contributed by atoms with Crippen LogP contribution in [0.2, 0.25) is 10.0 Å². The summed E-state index contributed by atoms with van der Waals surface area (Å²) in [7, 11) is 0. The Morgan fingerprint density at radius 2 is 1.80 bits per heavy atom. The second-order valence-electron chi connectivity index (χ2n) is 8.23. The molecule has 188 valence electrons. The topological polar surface area (TPSA) is 79.2 Å². The molecule has 8 nitrogen and oxygen atoms in total. The van der Waals surface area contributed by atoms with Crippen LogP contribution in [-0.2, 0) is 17.5 Å². The van der Waals surface area contributed by atoms with E-state index in [1.165, 1.54) is 38.2 Å². The molecule has 3 aromatic rings. The second kappa shape index (κ2) is 11.0. The van der Waals surface area contributed by atoms with Crippen LogP contribution in [-0.4, -0.2) is 70.3 Å². The number of rotatable bonds is 4. The highest BCUT2D eigenvalue weighted by Gasteiger charge is 2.38. The zero-order chi connectivity index (χ0) is 25.0. The molecule has 2 aliphatic heterocycles. The number of fused-ring (bicyclic) bond motifs is 1. The molecule has 2 fully saturated rings. The van der Waals surface area contributed by atoms with E-state index < -0.39 is 11.9 Å². The molecule has 0 unspecified atom stereocenters. The van der Waals surface area contributed by atoms with Crippen LogP contribution < -0.4 is 10.2 Å². The Kier molecular flexibility index (Phi) is 7.98. The highest BCUT2D eigenvalue weighted by Crippen LogP contribution is 2.34. The van der Waals surface area contributed by atoms with Gasteiger partial charge < -0.3 is 15.1 Å². The van der Waals surface area contributed by atoms with Gasteiger partial charge in [0.25, 0.3) is 0 Å². The molecule has 0 aliphatic carbocycles. The summed E-state index contributed by atoms with van der Waals surface area (Å²) in [6.45, 7) is 4.47. The number of alkyl halides is 3. The SMILES string of the molecule is C1CCNC1.O=CN1CCN(c2cnc3c(C(F)(F)F)nn(Cc4ccc(Cl)cc4Cl)c3n2)CC1. The number of aromatic nitrogens is 4. The Labute approximate surface area is 210 Å². The number of carbonyl (C=O) groups is 1. The number of nitrogens with one attached hydrogen (secondary N) is 1. The number of hydrogen-bond donors (Lipinski definition) is 1. The highest BCUT2D eigenvalue weighted by atomic mass is 35.5. The van der Waals surface area contributed by atoms with Crippen molar-refractivity contribution in [3.05, 3.63) is 45.7 Å². The van der Waals surface area contributed by atoms with Crippen molar-refractivity contribution < 1.29 is 18.0 Å². The standard InChI is InChI=1S/C18H15Cl2F3N6O.C4H9N/c19-12-2-1-11(13(20)7-12)9-29-17-15(16(26-29)18(21,22)23)24-8-14(25-17)28-5-3-27(10-30)4-6-28;1-2-4-5-3-1/h1-2,7-8,10H,3-6,9H2;5H,1-4H2. The molecule has 5 rings (SSSR count). The van der Waals surface area contributed by atoms with Gasteiger partial charge in [0, 0.05) is 36.2 Å². The summed E-state index contributed by atoms with van der Waals surface area (Å²) in [5.74, 6) is 0.421. The normalized spacial score (nSPS) is 16.4. The Balaban J connectivity index is 0.000000514. The minimum absolute atomic E-state index is 0.00339. The average molecular weight is 530 g/mol. The van der Waals surface area contributed by atoms with E-state index in [2.05, 4.69) is 20.4 Å². The predicted octanol–water partition coefficient (Wildman–Crippen LogP) is 3.85. The number of nitrogens with zero attached hydrogens (tertiary/aromatic N) is 6. The van der Waals surface area contributed by atoms with E-state index in [0.29, 0.717) is 47.6 Å². The zero-order valence-electron chi connectivity index (χ0n) is 18.7. The first-order chi connectivity index (χ1) is 16.8. The van der Waals surface area contributed by atoms with Gasteiger partial charge in [-0.3, -0.25) is 4.79 Å². The summed E-state index contributed by atoms with van der Waals surface area (Å²) >= 11 is 12.1. The van der Waals surface area contributed by atoms with Gasteiger partial charge in [-0.1, -0.05) is 29.3 Å². The van der Waals surface area contributed by atoms with E-state index in [4.69, 9.17) is 23.2 Å². The maximum Gasteiger partial charge on any atom is 0.437 e. The highest BCUT2D eigenvalue weighted by molar-refractivity contribution is 6.35.